The third-order valence-corrected chi connectivity index (χ3v) is 3.02. The van der Waals surface area contributed by atoms with Gasteiger partial charge in [-0.3, -0.25) is 0 Å². The fourth-order valence-electron chi connectivity index (χ4n) is 1.83. The highest BCUT2D eigenvalue weighted by atomic mass is 16.5. The van der Waals surface area contributed by atoms with Crippen molar-refractivity contribution in [2.75, 3.05) is 7.11 Å². The van der Waals surface area contributed by atoms with E-state index in [0.29, 0.717) is 18.1 Å². The van der Waals surface area contributed by atoms with E-state index in [1.807, 2.05) is 24.3 Å². The monoisotopic (exact) mass is 284 g/mol. The van der Waals surface area contributed by atoms with Crippen LogP contribution in [0.1, 0.15) is 21.5 Å². The highest BCUT2D eigenvalue weighted by Gasteiger charge is 2.10. The number of hydrogen-bond donors (Lipinski definition) is 1. The van der Waals surface area contributed by atoms with Crippen LogP contribution in [0.4, 0.5) is 0 Å². The lowest BCUT2D eigenvalue weighted by atomic mass is 10.1. The van der Waals surface area contributed by atoms with Crippen LogP contribution in [0.5, 0.6) is 11.5 Å². The first-order valence-electron chi connectivity index (χ1n) is 6.39. The van der Waals surface area contributed by atoms with E-state index in [1.54, 1.807) is 12.1 Å². The van der Waals surface area contributed by atoms with Crippen LogP contribution in [0.15, 0.2) is 49.0 Å². The minimum absolute atomic E-state index is 0.162. The molecule has 0 amide bonds. The molecular weight excluding hydrogens is 268 g/mol. The predicted molar refractivity (Wildman–Crippen MR) is 80.8 cm³/mol. The van der Waals surface area contributed by atoms with Crippen molar-refractivity contribution in [3.8, 4) is 11.5 Å². The summed E-state index contributed by atoms with van der Waals surface area (Å²) in [5.74, 6) is -0.0900. The molecule has 0 aliphatic rings. The topological polar surface area (TPSA) is 55.8 Å². The Labute approximate surface area is 123 Å². The zero-order valence-corrected chi connectivity index (χ0v) is 11.7. The van der Waals surface area contributed by atoms with Gasteiger partial charge in [0.1, 0.15) is 6.61 Å². The molecule has 0 heterocycles. The second-order valence-electron chi connectivity index (χ2n) is 4.41. The summed E-state index contributed by atoms with van der Waals surface area (Å²) in [7, 11) is 1.48. The van der Waals surface area contributed by atoms with Crippen LogP contribution in [0.2, 0.25) is 0 Å². The van der Waals surface area contributed by atoms with Gasteiger partial charge in [0, 0.05) is 0 Å². The second-order valence-corrected chi connectivity index (χ2v) is 4.41. The molecule has 4 heteroatoms. The Morgan fingerprint density at radius 3 is 2.48 bits per heavy atom. The minimum atomic E-state index is -1.00. The van der Waals surface area contributed by atoms with Crippen molar-refractivity contribution >= 4 is 12.0 Å². The minimum Gasteiger partial charge on any atom is -0.493 e. The molecule has 0 fully saturated rings. The van der Waals surface area contributed by atoms with E-state index in [2.05, 4.69) is 6.58 Å². The van der Waals surface area contributed by atoms with E-state index in [1.165, 1.54) is 19.2 Å². The van der Waals surface area contributed by atoms with Crippen LogP contribution in [-0.4, -0.2) is 18.2 Å². The molecular formula is C17H16O4. The van der Waals surface area contributed by atoms with Crippen molar-refractivity contribution in [1.82, 2.24) is 0 Å². The first-order valence-corrected chi connectivity index (χ1v) is 6.39. The van der Waals surface area contributed by atoms with Gasteiger partial charge < -0.3 is 14.6 Å². The van der Waals surface area contributed by atoms with Crippen LogP contribution < -0.4 is 9.47 Å². The molecule has 0 unspecified atom stereocenters. The summed E-state index contributed by atoms with van der Waals surface area (Å²) >= 11 is 0. The molecule has 0 aliphatic heterocycles. The summed E-state index contributed by atoms with van der Waals surface area (Å²) < 4.78 is 10.8. The summed E-state index contributed by atoms with van der Waals surface area (Å²) in [6.07, 6.45) is 1.78. The molecule has 2 aromatic carbocycles. The van der Waals surface area contributed by atoms with Crippen molar-refractivity contribution in [1.29, 1.82) is 0 Å². The van der Waals surface area contributed by atoms with E-state index in [9.17, 15) is 4.79 Å². The summed E-state index contributed by atoms with van der Waals surface area (Å²) in [5.41, 5.74) is 2.21. The molecule has 0 saturated carbocycles. The lowest BCUT2D eigenvalue weighted by Crippen LogP contribution is -2.01. The molecule has 0 radical (unpaired) electrons. The second kappa shape index (κ2) is 6.61. The van der Waals surface area contributed by atoms with Gasteiger partial charge in [0.2, 0.25) is 0 Å². The fourth-order valence-corrected chi connectivity index (χ4v) is 1.83. The Hall–Kier alpha value is -2.75. The van der Waals surface area contributed by atoms with E-state index in [4.69, 9.17) is 14.6 Å². The Balaban J connectivity index is 2.11. The fraction of sp³-hybridized carbons (Fsp3) is 0.118. The lowest BCUT2D eigenvalue weighted by Gasteiger charge is -2.11. The molecule has 0 bridgehead atoms. The molecule has 0 spiro atoms. The Kier molecular flexibility index (Phi) is 4.61. The third-order valence-electron chi connectivity index (χ3n) is 3.02. The molecule has 2 rings (SSSR count). The molecule has 108 valence electrons. The number of aromatic carboxylic acids is 1. The number of rotatable bonds is 6. The molecule has 0 aromatic heterocycles. The van der Waals surface area contributed by atoms with Crippen molar-refractivity contribution in [3.63, 3.8) is 0 Å². The lowest BCUT2D eigenvalue weighted by molar-refractivity contribution is 0.0696. The highest BCUT2D eigenvalue weighted by molar-refractivity contribution is 5.88. The van der Waals surface area contributed by atoms with Gasteiger partial charge in [0.05, 0.1) is 12.7 Å². The number of methoxy groups -OCH3 is 1. The van der Waals surface area contributed by atoms with Crippen LogP contribution in [0, 0.1) is 0 Å². The standard InChI is InChI=1S/C17H16O4/c1-3-12-4-6-13(7-5-12)11-21-15-9-8-14(17(18)19)10-16(15)20-2/h3-10H,1,11H2,2H3,(H,18,19). The smallest absolute Gasteiger partial charge is 0.335 e. The molecule has 0 atom stereocenters. The molecule has 0 aliphatic carbocycles. The van der Waals surface area contributed by atoms with Crippen LogP contribution in [0.3, 0.4) is 0 Å². The maximum Gasteiger partial charge on any atom is 0.335 e. The van der Waals surface area contributed by atoms with E-state index >= 15 is 0 Å². The predicted octanol–water partition coefficient (Wildman–Crippen LogP) is 3.62. The first-order chi connectivity index (χ1) is 10.1. The van der Waals surface area contributed by atoms with Crippen LogP contribution in [-0.2, 0) is 6.61 Å². The van der Waals surface area contributed by atoms with Gasteiger partial charge in [-0.1, -0.05) is 36.9 Å². The first kappa shape index (κ1) is 14.7. The van der Waals surface area contributed by atoms with Gasteiger partial charge in [-0.25, -0.2) is 4.79 Å². The molecule has 21 heavy (non-hydrogen) atoms. The van der Waals surface area contributed by atoms with Crippen molar-refractivity contribution in [2.24, 2.45) is 0 Å². The van der Waals surface area contributed by atoms with Crippen molar-refractivity contribution < 1.29 is 19.4 Å². The number of carboxylic acids is 1. The summed E-state index contributed by atoms with van der Waals surface area (Å²) in [6.45, 7) is 4.08. The van der Waals surface area contributed by atoms with Crippen LogP contribution in [0.25, 0.3) is 6.08 Å². The average molecular weight is 284 g/mol. The zero-order chi connectivity index (χ0) is 15.2. The summed E-state index contributed by atoms with van der Waals surface area (Å²) in [4.78, 5) is 10.9. The van der Waals surface area contributed by atoms with Crippen LogP contribution >= 0.6 is 0 Å². The molecule has 2 aromatic rings. The number of carbonyl (C=O) groups is 1. The number of carboxylic acid groups (broad SMARTS) is 1. The number of hydrogen-bond acceptors (Lipinski definition) is 3. The largest absolute Gasteiger partial charge is 0.493 e. The third kappa shape index (κ3) is 3.63. The van der Waals surface area contributed by atoms with Gasteiger partial charge in [0.25, 0.3) is 0 Å². The number of benzene rings is 2. The highest BCUT2D eigenvalue weighted by Crippen LogP contribution is 2.28. The SMILES string of the molecule is C=Cc1ccc(COc2ccc(C(=O)O)cc2OC)cc1. The van der Waals surface area contributed by atoms with E-state index in [0.717, 1.165) is 11.1 Å². The van der Waals surface area contributed by atoms with Crippen molar-refractivity contribution in [3.05, 3.63) is 65.7 Å². The molecule has 0 saturated heterocycles. The normalized spacial score (nSPS) is 9.95. The molecule has 4 nitrogen and oxygen atoms in total. The van der Waals surface area contributed by atoms with Gasteiger partial charge in [-0.05, 0) is 29.3 Å². The Morgan fingerprint density at radius 1 is 1.19 bits per heavy atom. The molecule has 1 N–H and O–H groups in total. The van der Waals surface area contributed by atoms with Gasteiger partial charge in [0.15, 0.2) is 11.5 Å². The summed E-state index contributed by atoms with van der Waals surface area (Å²) in [6, 6.07) is 12.3. The van der Waals surface area contributed by atoms with E-state index in [-0.39, 0.29) is 5.56 Å². The van der Waals surface area contributed by atoms with Gasteiger partial charge >= 0.3 is 5.97 Å². The average Bonchev–Trinajstić information content (AvgIpc) is 2.53. The maximum atomic E-state index is 10.9. The quantitative estimate of drug-likeness (QED) is 0.880. The summed E-state index contributed by atoms with van der Waals surface area (Å²) in [5, 5.41) is 8.95. The number of ether oxygens (including phenoxy) is 2. The van der Waals surface area contributed by atoms with Crippen molar-refractivity contribution in [2.45, 2.75) is 6.61 Å². The van der Waals surface area contributed by atoms with Gasteiger partial charge in [-0.15, -0.1) is 0 Å². The maximum absolute atomic E-state index is 10.9. The zero-order valence-electron chi connectivity index (χ0n) is 11.7. The van der Waals surface area contributed by atoms with E-state index < -0.39 is 5.97 Å². The van der Waals surface area contributed by atoms with Gasteiger partial charge in [-0.2, -0.15) is 0 Å². The Morgan fingerprint density at radius 2 is 1.90 bits per heavy atom. The Bertz CT molecular complexity index is 644.